The zero-order valence-electron chi connectivity index (χ0n) is 13.2. The minimum absolute atomic E-state index is 0.222. The van der Waals surface area contributed by atoms with E-state index in [1.165, 1.54) is 22.5 Å². The smallest absolute Gasteiger partial charge is 0.341 e. The minimum Gasteiger partial charge on any atom is -0.462 e. The van der Waals surface area contributed by atoms with Crippen LogP contribution in [0.3, 0.4) is 0 Å². The van der Waals surface area contributed by atoms with Crippen LogP contribution >= 0.6 is 11.3 Å². The lowest BCUT2D eigenvalue weighted by Crippen LogP contribution is -2.16. The second kappa shape index (κ2) is 6.58. The Kier molecular flexibility index (Phi) is 4.52. The third kappa shape index (κ3) is 3.17. The van der Waals surface area contributed by atoms with Crippen LogP contribution in [-0.4, -0.2) is 18.5 Å². The Hall–Kier alpha value is -2.08. The fourth-order valence-electron chi connectivity index (χ4n) is 2.83. The Morgan fingerprint density at radius 2 is 2.30 bits per heavy atom. The van der Waals surface area contributed by atoms with Crippen LogP contribution in [0.15, 0.2) is 22.8 Å². The molecule has 0 aromatic carbocycles. The first-order valence-electron chi connectivity index (χ1n) is 7.76. The third-order valence-electron chi connectivity index (χ3n) is 3.96. The second-order valence-corrected chi connectivity index (χ2v) is 6.81. The van der Waals surface area contributed by atoms with Gasteiger partial charge in [0.25, 0.3) is 5.91 Å². The summed E-state index contributed by atoms with van der Waals surface area (Å²) in [6.07, 6.45) is 4.27. The molecule has 1 aliphatic rings. The second-order valence-electron chi connectivity index (χ2n) is 5.71. The number of hydrogen-bond acceptors (Lipinski definition) is 5. The zero-order valence-corrected chi connectivity index (χ0v) is 14.0. The maximum absolute atomic E-state index is 12.4. The van der Waals surface area contributed by atoms with Gasteiger partial charge >= 0.3 is 5.97 Å². The molecule has 0 spiro atoms. The lowest BCUT2D eigenvalue weighted by atomic mass is 9.88. The highest BCUT2D eigenvalue weighted by molar-refractivity contribution is 7.17. The molecule has 0 aliphatic heterocycles. The summed E-state index contributed by atoms with van der Waals surface area (Å²) < 4.78 is 10.3. The van der Waals surface area contributed by atoms with Crippen LogP contribution in [0.2, 0.25) is 0 Å². The van der Waals surface area contributed by atoms with Crippen molar-refractivity contribution in [2.24, 2.45) is 5.92 Å². The van der Waals surface area contributed by atoms with Gasteiger partial charge in [-0.2, -0.15) is 0 Å². The predicted octanol–water partition coefficient (Wildman–Crippen LogP) is 3.89. The highest BCUT2D eigenvalue weighted by atomic mass is 32.1. The number of furan rings is 1. The van der Waals surface area contributed by atoms with Crippen molar-refractivity contribution in [3.63, 3.8) is 0 Å². The molecule has 23 heavy (non-hydrogen) atoms. The van der Waals surface area contributed by atoms with Gasteiger partial charge < -0.3 is 14.5 Å². The Balaban J connectivity index is 1.95. The molecule has 0 saturated heterocycles. The predicted molar refractivity (Wildman–Crippen MR) is 88.1 cm³/mol. The van der Waals surface area contributed by atoms with Crippen LogP contribution in [-0.2, 0) is 17.6 Å². The van der Waals surface area contributed by atoms with Gasteiger partial charge in [-0.05, 0) is 49.8 Å². The van der Waals surface area contributed by atoms with Crippen LogP contribution in [0.25, 0.3) is 0 Å². The van der Waals surface area contributed by atoms with E-state index in [0.717, 1.165) is 24.8 Å². The van der Waals surface area contributed by atoms with E-state index in [4.69, 9.17) is 9.15 Å². The minimum atomic E-state index is -0.366. The van der Waals surface area contributed by atoms with E-state index in [0.29, 0.717) is 23.1 Å². The van der Waals surface area contributed by atoms with Crippen LogP contribution < -0.4 is 5.32 Å². The third-order valence-corrected chi connectivity index (χ3v) is 5.13. The van der Waals surface area contributed by atoms with Crippen molar-refractivity contribution < 1.29 is 18.7 Å². The Labute approximate surface area is 138 Å². The standard InChI is InChI=1S/C17H19NO4S/c1-3-21-17(20)14-11-7-6-10(2)9-13(11)23-16(14)18-15(19)12-5-4-8-22-12/h4-5,8,10H,3,6-7,9H2,1-2H3,(H,18,19)/t10-/m0/s1. The summed E-state index contributed by atoms with van der Waals surface area (Å²) >= 11 is 1.47. The molecule has 6 heteroatoms. The van der Waals surface area contributed by atoms with Gasteiger partial charge in [0, 0.05) is 4.88 Å². The first-order valence-corrected chi connectivity index (χ1v) is 8.58. The Morgan fingerprint density at radius 1 is 1.48 bits per heavy atom. The molecule has 0 radical (unpaired) electrons. The summed E-state index contributed by atoms with van der Waals surface area (Å²) in [5.41, 5.74) is 1.54. The maximum Gasteiger partial charge on any atom is 0.341 e. The molecule has 0 fully saturated rings. The maximum atomic E-state index is 12.4. The van der Waals surface area contributed by atoms with Crippen molar-refractivity contribution in [3.8, 4) is 0 Å². The van der Waals surface area contributed by atoms with E-state index in [9.17, 15) is 9.59 Å². The summed E-state index contributed by atoms with van der Waals surface area (Å²) in [5, 5.41) is 3.37. The van der Waals surface area contributed by atoms with Gasteiger partial charge in [0.05, 0.1) is 18.4 Å². The molecule has 122 valence electrons. The highest BCUT2D eigenvalue weighted by Gasteiger charge is 2.29. The van der Waals surface area contributed by atoms with E-state index in [1.54, 1.807) is 19.1 Å². The molecule has 1 amide bonds. The summed E-state index contributed by atoms with van der Waals surface area (Å²) in [6.45, 7) is 4.29. The number of anilines is 1. The summed E-state index contributed by atoms with van der Waals surface area (Å²) in [5.74, 6) is 0.0888. The quantitative estimate of drug-likeness (QED) is 0.862. The largest absolute Gasteiger partial charge is 0.462 e. The zero-order chi connectivity index (χ0) is 16.4. The molecule has 2 aromatic rings. The highest BCUT2D eigenvalue weighted by Crippen LogP contribution is 2.40. The van der Waals surface area contributed by atoms with Gasteiger partial charge in [0.15, 0.2) is 5.76 Å². The van der Waals surface area contributed by atoms with Crippen molar-refractivity contribution in [1.29, 1.82) is 0 Å². The lowest BCUT2D eigenvalue weighted by molar-refractivity contribution is 0.0526. The SMILES string of the molecule is CCOC(=O)c1c(NC(=O)c2ccco2)sc2c1CC[C@H](C)C2. The molecular formula is C17H19NO4S. The average molecular weight is 333 g/mol. The molecule has 0 unspecified atom stereocenters. The lowest BCUT2D eigenvalue weighted by Gasteiger charge is -2.18. The van der Waals surface area contributed by atoms with Gasteiger partial charge in [-0.1, -0.05) is 6.92 Å². The van der Waals surface area contributed by atoms with E-state index in [2.05, 4.69) is 12.2 Å². The van der Waals surface area contributed by atoms with Gasteiger partial charge in [0.1, 0.15) is 5.00 Å². The van der Waals surface area contributed by atoms with Gasteiger partial charge in [0.2, 0.25) is 0 Å². The molecule has 1 N–H and O–H groups in total. The van der Waals surface area contributed by atoms with E-state index < -0.39 is 0 Å². The fraction of sp³-hybridized carbons (Fsp3) is 0.412. The van der Waals surface area contributed by atoms with Crippen LogP contribution in [0.5, 0.6) is 0 Å². The topological polar surface area (TPSA) is 68.5 Å². The number of esters is 1. The Bertz CT molecular complexity index is 717. The number of thiophene rings is 1. The van der Waals surface area contributed by atoms with E-state index in [1.807, 2.05) is 0 Å². The van der Waals surface area contributed by atoms with Gasteiger partial charge in [-0.25, -0.2) is 4.79 Å². The van der Waals surface area contributed by atoms with E-state index >= 15 is 0 Å². The van der Waals surface area contributed by atoms with Crippen LogP contribution in [0.1, 0.15) is 51.6 Å². The number of rotatable bonds is 4. The molecule has 1 atom stereocenters. The first kappa shape index (κ1) is 15.8. The van der Waals surface area contributed by atoms with Crippen molar-refractivity contribution >= 4 is 28.2 Å². The number of carbonyl (C=O) groups is 2. The molecule has 2 aromatic heterocycles. The van der Waals surface area contributed by atoms with Crippen LogP contribution in [0.4, 0.5) is 5.00 Å². The fourth-order valence-corrected chi connectivity index (χ4v) is 4.22. The summed E-state index contributed by atoms with van der Waals surface area (Å²) in [4.78, 5) is 25.8. The van der Waals surface area contributed by atoms with Crippen molar-refractivity contribution in [1.82, 2.24) is 0 Å². The Morgan fingerprint density at radius 3 is 3.00 bits per heavy atom. The summed E-state index contributed by atoms with van der Waals surface area (Å²) in [6, 6.07) is 3.25. The molecule has 1 aliphatic carbocycles. The number of ether oxygens (including phenoxy) is 1. The number of amides is 1. The molecule has 0 saturated carbocycles. The number of nitrogens with one attached hydrogen (secondary N) is 1. The molecule has 3 rings (SSSR count). The van der Waals surface area contributed by atoms with Crippen molar-refractivity contribution in [2.75, 3.05) is 11.9 Å². The average Bonchev–Trinajstić information content (AvgIpc) is 3.14. The molecule has 5 nitrogen and oxygen atoms in total. The number of hydrogen-bond donors (Lipinski definition) is 1. The van der Waals surface area contributed by atoms with E-state index in [-0.39, 0.29) is 17.6 Å². The summed E-state index contributed by atoms with van der Waals surface area (Å²) in [7, 11) is 0. The van der Waals surface area contributed by atoms with Gasteiger partial charge in [-0.15, -0.1) is 11.3 Å². The molecule has 2 heterocycles. The normalized spacial score (nSPS) is 16.7. The van der Waals surface area contributed by atoms with Crippen LogP contribution in [0, 0.1) is 5.92 Å². The van der Waals surface area contributed by atoms with Gasteiger partial charge in [-0.3, -0.25) is 4.79 Å². The molecular weight excluding hydrogens is 314 g/mol. The first-order chi connectivity index (χ1) is 11.1. The number of carbonyl (C=O) groups excluding carboxylic acids is 2. The van der Waals surface area contributed by atoms with Crippen molar-refractivity contribution in [2.45, 2.75) is 33.1 Å². The van der Waals surface area contributed by atoms with Crippen molar-refractivity contribution in [3.05, 3.63) is 40.2 Å². The molecule has 0 bridgehead atoms. The number of fused-ring (bicyclic) bond motifs is 1. The monoisotopic (exact) mass is 333 g/mol.